The molecular weight excluding hydrogens is 348 g/mol. The van der Waals surface area contributed by atoms with Crippen molar-refractivity contribution in [3.05, 3.63) is 76.8 Å². The van der Waals surface area contributed by atoms with Gasteiger partial charge in [0.05, 0.1) is 6.04 Å². The van der Waals surface area contributed by atoms with Gasteiger partial charge in [-0.1, -0.05) is 61.0 Å². The Balaban J connectivity index is 1.90. The number of halogens is 1. The zero-order valence-electron chi connectivity index (χ0n) is 14.9. The molecule has 2 rings (SSSR count). The van der Waals surface area contributed by atoms with E-state index in [4.69, 9.17) is 11.6 Å². The van der Waals surface area contributed by atoms with E-state index < -0.39 is 6.04 Å². The van der Waals surface area contributed by atoms with E-state index in [1.165, 1.54) is 6.08 Å². The largest absolute Gasteiger partial charge is 0.348 e. The summed E-state index contributed by atoms with van der Waals surface area (Å²) in [5.41, 5.74) is 1.90. The molecule has 26 heavy (non-hydrogen) atoms. The van der Waals surface area contributed by atoms with Gasteiger partial charge in [-0.3, -0.25) is 9.59 Å². The first kappa shape index (κ1) is 19.7. The third kappa shape index (κ3) is 6.05. The highest BCUT2D eigenvalue weighted by Crippen LogP contribution is 2.19. The van der Waals surface area contributed by atoms with Crippen LogP contribution in [0.15, 0.2) is 60.7 Å². The first-order valence-corrected chi connectivity index (χ1v) is 8.97. The number of carbonyl (C=O) groups excluding carboxylic acids is 2. The van der Waals surface area contributed by atoms with E-state index in [1.54, 1.807) is 25.1 Å². The fraction of sp³-hybridized carbons (Fsp3) is 0.238. The molecule has 0 aliphatic carbocycles. The minimum atomic E-state index is -0.635. The second-order valence-electron chi connectivity index (χ2n) is 6.00. The number of rotatable bonds is 7. The van der Waals surface area contributed by atoms with Gasteiger partial charge in [-0.15, -0.1) is 0 Å². The predicted octanol–water partition coefficient (Wildman–Crippen LogP) is 4.13. The highest BCUT2D eigenvalue weighted by Gasteiger charge is 2.18. The van der Waals surface area contributed by atoms with Gasteiger partial charge in [-0.25, -0.2) is 0 Å². The molecule has 0 spiro atoms. The maximum atomic E-state index is 12.4. The number of amides is 2. The van der Waals surface area contributed by atoms with Gasteiger partial charge in [0.1, 0.15) is 6.04 Å². The molecule has 0 radical (unpaired) electrons. The van der Waals surface area contributed by atoms with Crippen molar-refractivity contribution in [1.29, 1.82) is 0 Å². The summed E-state index contributed by atoms with van der Waals surface area (Å²) in [6.07, 6.45) is 3.88. The van der Waals surface area contributed by atoms with Gasteiger partial charge in [0.2, 0.25) is 11.8 Å². The van der Waals surface area contributed by atoms with Gasteiger partial charge in [0, 0.05) is 11.1 Å². The second kappa shape index (κ2) is 9.78. The lowest BCUT2D eigenvalue weighted by Gasteiger charge is -2.20. The van der Waals surface area contributed by atoms with Crippen LogP contribution in [-0.4, -0.2) is 17.9 Å². The maximum absolute atomic E-state index is 12.4. The smallest absolute Gasteiger partial charge is 0.244 e. The Labute approximate surface area is 159 Å². The second-order valence-corrected chi connectivity index (χ2v) is 6.43. The average Bonchev–Trinajstić information content (AvgIpc) is 2.66. The Bertz CT molecular complexity index is 757. The Morgan fingerprint density at radius 3 is 2.31 bits per heavy atom. The standard InChI is InChI=1S/C21H23ClN2O2/c1-3-19(17-10-12-18(22)13-11-17)24-21(26)15(2)23-20(25)14-9-16-7-5-4-6-8-16/h4-15,19H,3H2,1-2H3,(H,23,25)(H,24,26)/b14-9+. The van der Waals surface area contributed by atoms with Crippen molar-refractivity contribution in [2.24, 2.45) is 0 Å². The number of hydrogen-bond donors (Lipinski definition) is 2. The molecule has 0 aliphatic heterocycles. The molecule has 0 saturated carbocycles. The van der Waals surface area contributed by atoms with Crippen molar-refractivity contribution in [2.45, 2.75) is 32.4 Å². The number of carbonyl (C=O) groups is 2. The molecule has 0 fully saturated rings. The summed E-state index contributed by atoms with van der Waals surface area (Å²) in [5, 5.41) is 6.30. The van der Waals surface area contributed by atoms with Gasteiger partial charge in [-0.05, 0) is 42.7 Å². The van der Waals surface area contributed by atoms with Crippen LogP contribution in [0.3, 0.4) is 0 Å². The van der Waals surface area contributed by atoms with Crippen LogP contribution in [0.2, 0.25) is 5.02 Å². The molecule has 0 aliphatic rings. The minimum Gasteiger partial charge on any atom is -0.348 e. The van der Waals surface area contributed by atoms with Gasteiger partial charge < -0.3 is 10.6 Å². The van der Waals surface area contributed by atoms with Crippen molar-refractivity contribution >= 4 is 29.5 Å². The molecule has 0 heterocycles. The van der Waals surface area contributed by atoms with Crippen LogP contribution in [0.4, 0.5) is 0 Å². The Morgan fingerprint density at radius 2 is 1.69 bits per heavy atom. The summed E-state index contributed by atoms with van der Waals surface area (Å²) in [6.45, 7) is 3.66. The molecule has 2 atom stereocenters. The van der Waals surface area contributed by atoms with Crippen LogP contribution in [-0.2, 0) is 9.59 Å². The van der Waals surface area contributed by atoms with Crippen LogP contribution >= 0.6 is 11.6 Å². The molecule has 0 saturated heterocycles. The lowest BCUT2D eigenvalue weighted by molar-refractivity contribution is -0.127. The van der Waals surface area contributed by atoms with Gasteiger partial charge in [0.15, 0.2) is 0 Å². The summed E-state index contributed by atoms with van der Waals surface area (Å²) in [4.78, 5) is 24.4. The number of nitrogens with one attached hydrogen (secondary N) is 2. The van der Waals surface area contributed by atoms with E-state index in [9.17, 15) is 9.59 Å². The van der Waals surface area contributed by atoms with Crippen molar-refractivity contribution in [2.75, 3.05) is 0 Å². The SMILES string of the molecule is CCC(NC(=O)C(C)NC(=O)/C=C/c1ccccc1)c1ccc(Cl)cc1. The van der Waals surface area contributed by atoms with Crippen LogP contribution in [0.25, 0.3) is 6.08 Å². The fourth-order valence-corrected chi connectivity index (χ4v) is 2.60. The topological polar surface area (TPSA) is 58.2 Å². The van der Waals surface area contributed by atoms with Gasteiger partial charge >= 0.3 is 0 Å². The Kier molecular flexibility index (Phi) is 7.42. The van der Waals surface area contributed by atoms with Gasteiger partial charge in [-0.2, -0.15) is 0 Å². The van der Waals surface area contributed by atoms with Crippen molar-refractivity contribution in [3.63, 3.8) is 0 Å². The van der Waals surface area contributed by atoms with Crippen LogP contribution in [0, 0.1) is 0 Å². The molecule has 2 aromatic rings. The van der Waals surface area contributed by atoms with E-state index in [0.717, 1.165) is 17.5 Å². The lowest BCUT2D eigenvalue weighted by Crippen LogP contribution is -2.45. The van der Waals surface area contributed by atoms with E-state index in [2.05, 4.69) is 10.6 Å². The lowest BCUT2D eigenvalue weighted by atomic mass is 10.0. The quantitative estimate of drug-likeness (QED) is 0.720. The summed E-state index contributed by atoms with van der Waals surface area (Å²) >= 11 is 5.91. The molecular formula is C21H23ClN2O2. The van der Waals surface area contributed by atoms with Crippen molar-refractivity contribution in [1.82, 2.24) is 10.6 Å². The van der Waals surface area contributed by atoms with E-state index in [1.807, 2.05) is 49.4 Å². The highest BCUT2D eigenvalue weighted by atomic mass is 35.5. The average molecular weight is 371 g/mol. The molecule has 4 nitrogen and oxygen atoms in total. The molecule has 0 aromatic heterocycles. The number of hydrogen-bond acceptors (Lipinski definition) is 2. The zero-order valence-corrected chi connectivity index (χ0v) is 15.7. The van der Waals surface area contributed by atoms with Crippen LogP contribution in [0.5, 0.6) is 0 Å². The molecule has 2 N–H and O–H groups in total. The van der Waals surface area contributed by atoms with Gasteiger partial charge in [0.25, 0.3) is 0 Å². The van der Waals surface area contributed by atoms with Crippen LogP contribution in [0.1, 0.15) is 37.4 Å². The maximum Gasteiger partial charge on any atom is 0.244 e. The van der Waals surface area contributed by atoms with Crippen molar-refractivity contribution in [3.8, 4) is 0 Å². The van der Waals surface area contributed by atoms with E-state index in [-0.39, 0.29) is 17.9 Å². The third-order valence-corrected chi connectivity index (χ3v) is 4.23. The number of benzene rings is 2. The highest BCUT2D eigenvalue weighted by molar-refractivity contribution is 6.30. The Hall–Kier alpha value is -2.59. The summed E-state index contributed by atoms with van der Waals surface area (Å²) < 4.78 is 0. The summed E-state index contributed by atoms with van der Waals surface area (Å²) in [5.74, 6) is -0.538. The summed E-state index contributed by atoms with van der Waals surface area (Å²) in [6, 6.07) is 16.1. The molecule has 5 heteroatoms. The normalized spacial score (nSPS) is 13.2. The van der Waals surface area contributed by atoms with Crippen molar-refractivity contribution < 1.29 is 9.59 Å². The third-order valence-electron chi connectivity index (χ3n) is 3.98. The van der Waals surface area contributed by atoms with Crippen LogP contribution < -0.4 is 10.6 Å². The molecule has 0 bridgehead atoms. The molecule has 2 aromatic carbocycles. The molecule has 136 valence electrons. The predicted molar refractivity (Wildman–Crippen MR) is 106 cm³/mol. The van der Waals surface area contributed by atoms with E-state index in [0.29, 0.717) is 5.02 Å². The first-order chi connectivity index (χ1) is 12.5. The summed E-state index contributed by atoms with van der Waals surface area (Å²) in [7, 11) is 0. The molecule has 2 unspecified atom stereocenters. The molecule has 2 amide bonds. The Morgan fingerprint density at radius 1 is 1.04 bits per heavy atom. The minimum absolute atomic E-state index is 0.126. The first-order valence-electron chi connectivity index (χ1n) is 8.59. The fourth-order valence-electron chi connectivity index (χ4n) is 2.48. The monoisotopic (exact) mass is 370 g/mol. The van der Waals surface area contributed by atoms with E-state index >= 15 is 0 Å². The zero-order chi connectivity index (χ0) is 18.9.